The summed E-state index contributed by atoms with van der Waals surface area (Å²) in [4.78, 5) is 0. The summed E-state index contributed by atoms with van der Waals surface area (Å²) < 4.78 is 25.4. The van der Waals surface area contributed by atoms with E-state index in [1.165, 1.54) is 0 Å². The third kappa shape index (κ3) is 3.49. The molecule has 0 atom stereocenters. The minimum Gasteiger partial charge on any atom is -0.283 e. The van der Waals surface area contributed by atoms with Gasteiger partial charge in [-0.25, -0.2) is 8.42 Å². The molecule has 0 saturated heterocycles. The Morgan fingerprint density at radius 3 is 2.31 bits per heavy atom. The van der Waals surface area contributed by atoms with Crippen LogP contribution < -0.4 is 4.72 Å². The molecule has 0 aliphatic carbocycles. The van der Waals surface area contributed by atoms with Crippen LogP contribution in [0.3, 0.4) is 0 Å². The quantitative estimate of drug-likeness (QED) is 0.872. The van der Waals surface area contributed by atoms with Gasteiger partial charge in [0.15, 0.2) is 0 Å². The van der Waals surface area contributed by atoms with Crippen LogP contribution in [0.1, 0.15) is 26.3 Å². The normalized spacial score (nSPS) is 12.5. The highest BCUT2D eigenvalue weighted by molar-refractivity contribution is 9.10. The number of para-hydroxylation sites is 1. The van der Waals surface area contributed by atoms with Crippen molar-refractivity contribution in [3.8, 4) is 0 Å². The largest absolute Gasteiger partial charge is 0.283 e. The Labute approximate surface area is 105 Å². The first-order valence-corrected chi connectivity index (χ1v) is 7.69. The van der Waals surface area contributed by atoms with E-state index in [0.717, 1.165) is 5.56 Å². The first-order chi connectivity index (χ1) is 7.26. The van der Waals surface area contributed by atoms with Crippen LogP contribution in [0.5, 0.6) is 0 Å². The van der Waals surface area contributed by atoms with E-state index in [9.17, 15) is 8.42 Å². The lowest BCUT2D eigenvalue weighted by molar-refractivity contribution is 0.591. The maximum Gasteiger partial charge on any atom is 0.242 e. The van der Waals surface area contributed by atoms with Gasteiger partial charge in [0, 0.05) is 0 Å². The van der Waals surface area contributed by atoms with Crippen molar-refractivity contribution in [3.05, 3.63) is 29.8 Å². The molecule has 0 aliphatic heterocycles. The van der Waals surface area contributed by atoms with Gasteiger partial charge in [0.05, 0.1) is 5.69 Å². The standard InChI is InChI=1S/C11H16BrNO2S/c1-11(2,3)9-6-4-5-7-10(9)13-16(14,15)8-12/h4-7,13H,8H2,1-3H3. The molecule has 0 bridgehead atoms. The van der Waals surface area contributed by atoms with Crippen LogP contribution in [0.15, 0.2) is 24.3 Å². The molecule has 0 amide bonds. The molecule has 0 spiro atoms. The van der Waals surface area contributed by atoms with Crippen molar-refractivity contribution in [2.75, 3.05) is 9.38 Å². The van der Waals surface area contributed by atoms with Crippen LogP contribution >= 0.6 is 15.9 Å². The molecular formula is C11H16BrNO2S. The highest BCUT2D eigenvalue weighted by Crippen LogP contribution is 2.29. The number of benzene rings is 1. The molecule has 0 aliphatic rings. The number of alkyl halides is 1. The summed E-state index contributed by atoms with van der Waals surface area (Å²) in [5, 5.41) is 0. The Morgan fingerprint density at radius 2 is 1.81 bits per heavy atom. The summed E-state index contributed by atoms with van der Waals surface area (Å²) in [5.74, 6) is 0. The molecule has 90 valence electrons. The summed E-state index contributed by atoms with van der Waals surface area (Å²) >= 11 is 2.95. The summed E-state index contributed by atoms with van der Waals surface area (Å²) in [7, 11) is -3.29. The summed E-state index contributed by atoms with van der Waals surface area (Å²) in [6.45, 7) is 6.15. The van der Waals surface area contributed by atoms with Crippen LogP contribution in [-0.4, -0.2) is 13.1 Å². The lowest BCUT2D eigenvalue weighted by atomic mass is 9.86. The molecule has 0 unspecified atom stereocenters. The van der Waals surface area contributed by atoms with Crippen LogP contribution in [0.25, 0.3) is 0 Å². The van der Waals surface area contributed by atoms with Gasteiger partial charge in [-0.3, -0.25) is 4.72 Å². The first kappa shape index (κ1) is 13.5. The molecule has 16 heavy (non-hydrogen) atoms. The predicted molar refractivity (Wildman–Crippen MR) is 71.5 cm³/mol. The molecule has 5 heteroatoms. The number of sulfonamides is 1. The van der Waals surface area contributed by atoms with Crippen LogP contribution in [0, 0.1) is 0 Å². The third-order valence-electron chi connectivity index (χ3n) is 2.14. The summed E-state index contributed by atoms with van der Waals surface area (Å²) in [6, 6.07) is 7.45. The van der Waals surface area contributed by atoms with Gasteiger partial charge in [0.25, 0.3) is 0 Å². The van der Waals surface area contributed by atoms with Gasteiger partial charge in [-0.15, -0.1) is 0 Å². The third-order valence-corrected chi connectivity index (χ3v) is 4.77. The Morgan fingerprint density at radius 1 is 1.25 bits per heavy atom. The smallest absolute Gasteiger partial charge is 0.242 e. The molecule has 0 saturated carbocycles. The first-order valence-electron chi connectivity index (χ1n) is 4.92. The second-order valence-electron chi connectivity index (χ2n) is 4.62. The Hall–Kier alpha value is -0.550. The zero-order chi connectivity index (χ0) is 12.4. The van der Waals surface area contributed by atoms with Gasteiger partial charge in [0.2, 0.25) is 10.0 Å². The lowest BCUT2D eigenvalue weighted by Gasteiger charge is -2.23. The van der Waals surface area contributed by atoms with Crippen molar-refractivity contribution in [3.63, 3.8) is 0 Å². The van der Waals surface area contributed by atoms with Crippen molar-refractivity contribution in [2.24, 2.45) is 0 Å². The number of anilines is 1. The van der Waals surface area contributed by atoms with E-state index < -0.39 is 10.0 Å². The minimum absolute atomic E-state index is 0.0918. The van der Waals surface area contributed by atoms with Crippen molar-refractivity contribution >= 4 is 31.6 Å². The average molecular weight is 306 g/mol. The van der Waals surface area contributed by atoms with Gasteiger partial charge in [-0.2, -0.15) is 0 Å². The van der Waals surface area contributed by atoms with Crippen molar-refractivity contribution in [2.45, 2.75) is 26.2 Å². The fraction of sp³-hybridized carbons (Fsp3) is 0.455. The van der Waals surface area contributed by atoms with Crippen molar-refractivity contribution < 1.29 is 8.42 Å². The number of hydrogen-bond donors (Lipinski definition) is 1. The summed E-state index contributed by atoms with van der Waals surface area (Å²) in [5.41, 5.74) is 1.54. The van der Waals surface area contributed by atoms with Gasteiger partial charge in [-0.1, -0.05) is 54.9 Å². The zero-order valence-electron chi connectivity index (χ0n) is 9.62. The Bertz CT molecular complexity index is 463. The van der Waals surface area contributed by atoms with Gasteiger partial charge < -0.3 is 0 Å². The highest BCUT2D eigenvalue weighted by atomic mass is 79.9. The maximum absolute atomic E-state index is 11.5. The molecule has 0 radical (unpaired) electrons. The Kier molecular flexibility index (Phi) is 4.02. The van der Waals surface area contributed by atoms with Crippen molar-refractivity contribution in [1.82, 2.24) is 0 Å². The van der Waals surface area contributed by atoms with Crippen molar-refractivity contribution in [1.29, 1.82) is 0 Å². The fourth-order valence-electron chi connectivity index (χ4n) is 1.42. The van der Waals surface area contributed by atoms with E-state index in [1.54, 1.807) is 6.07 Å². The van der Waals surface area contributed by atoms with Crippen LogP contribution in [0.4, 0.5) is 5.69 Å². The number of hydrogen-bond acceptors (Lipinski definition) is 2. The van der Waals surface area contributed by atoms with Gasteiger partial charge >= 0.3 is 0 Å². The zero-order valence-corrected chi connectivity index (χ0v) is 12.0. The minimum atomic E-state index is -3.29. The summed E-state index contributed by atoms with van der Waals surface area (Å²) in [6.07, 6.45) is 0. The van der Waals surface area contributed by atoms with E-state index in [2.05, 4.69) is 20.7 Å². The average Bonchev–Trinajstić information content (AvgIpc) is 2.16. The van der Waals surface area contributed by atoms with Crippen LogP contribution in [0.2, 0.25) is 0 Å². The number of rotatable bonds is 3. The van der Waals surface area contributed by atoms with E-state index in [0.29, 0.717) is 5.69 Å². The van der Waals surface area contributed by atoms with E-state index >= 15 is 0 Å². The maximum atomic E-state index is 11.5. The molecule has 1 aromatic rings. The highest BCUT2D eigenvalue weighted by Gasteiger charge is 2.19. The molecule has 0 heterocycles. The molecule has 0 aromatic heterocycles. The van der Waals surface area contributed by atoms with Gasteiger partial charge in [-0.05, 0) is 17.0 Å². The fourth-order valence-corrected chi connectivity index (χ4v) is 2.33. The van der Waals surface area contributed by atoms with Gasteiger partial charge in [0.1, 0.15) is 4.66 Å². The molecule has 1 aromatic carbocycles. The molecule has 0 fully saturated rings. The van der Waals surface area contributed by atoms with E-state index in [4.69, 9.17) is 0 Å². The monoisotopic (exact) mass is 305 g/mol. The molecular weight excluding hydrogens is 290 g/mol. The van der Waals surface area contributed by atoms with E-state index in [-0.39, 0.29) is 10.1 Å². The van der Waals surface area contributed by atoms with Crippen LogP contribution in [-0.2, 0) is 15.4 Å². The number of nitrogens with one attached hydrogen (secondary N) is 1. The SMILES string of the molecule is CC(C)(C)c1ccccc1NS(=O)(=O)CBr. The second kappa shape index (κ2) is 4.75. The second-order valence-corrected chi connectivity index (χ2v) is 7.65. The molecule has 1 rings (SSSR count). The lowest BCUT2D eigenvalue weighted by Crippen LogP contribution is -2.19. The molecule has 3 nitrogen and oxygen atoms in total. The Balaban J connectivity index is 3.16. The predicted octanol–water partition coefficient (Wildman–Crippen LogP) is 3.08. The molecule has 1 N–H and O–H groups in total. The van der Waals surface area contributed by atoms with E-state index in [1.807, 2.05) is 39.0 Å². The number of halogens is 1. The topological polar surface area (TPSA) is 46.2 Å².